The van der Waals surface area contributed by atoms with Crippen molar-refractivity contribution >= 4 is 11.6 Å². The summed E-state index contributed by atoms with van der Waals surface area (Å²) in [6, 6.07) is 10.7. The van der Waals surface area contributed by atoms with E-state index < -0.39 is 0 Å². The molecule has 2 aromatic rings. The van der Waals surface area contributed by atoms with Crippen LogP contribution in [0.5, 0.6) is 5.75 Å². The molecule has 0 spiro atoms. The van der Waals surface area contributed by atoms with E-state index in [-0.39, 0.29) is 18.3 Å². The van der Waals surface area contributed by atoms with E-state index in [0.717, 1.165) is 16.9 Å². The van der Waals surface area contributed by atoms with E-state index in [1.54, 1.807) is 24.0 Å². The summed E-state index contributed by atoms with van der Waals surface area (Å²) in [5, 5.41) is 0. The number of nitrogens with zero attached hydrogens (tertiary/aromatic N) is 1. The van der Waals surface area contributed by atoms with Crippen LogP contribution in [0.1, 0.15) is 37.0 Å². The van der Waals surface area contributed by atoms with Crippen LogP contribution in [0.2, 0.25) is 0 Å². The summed E-state index contributed by atoms with van der Waals surface area (Å²) in [7, 11) is 0. The predicted octanol–water partition coefficient (Wildman–Crippen LogP) is 4.78. The number of amides is 1. The van der Waals surface area contributed by atoms with Gasteiger partial charge in [-0.25, -0.2) is 4.39 Å². The van der Waals surface area contributed by atoms with Crippen LogP contribution in [-0.4, -0.2) is 12.5 Å². The molecule has 4 heteroatoms. The number of hydrogen-bond acceptors (Lipinski definition) is 2. The van der Waals surface area contributed by atoms with E-state index in [1.807, 2.05) is 39.0 Å². The molecule has 0 radical (unpaired) electrons. The maximum Gasteiger partial charge on any atom is 0.226 e. The largest absolute Gasteiger partial charge is 0.488 e. The summed E-state index contributed by atoms with van der Waals surface area (Å²) in [6.45, 7) is 8.24. The van der Waals surface area contributed by atoms with Gasteiger partial charge in [0.25, 0.3) is 0 Å². The number of aryl methyl sites for hydroxylation is 2. The average molecular weight is 329 g/mol. The molecule has 0 heterocycles. The first-order chi connectivity index (χ1) is 11.5. The molecule has 128 valence electrons. The zero-order valence-electron chi connectivity index (χ0n) is 14.7. The summed E-state index contributed by atoms with van der Waals surface area (Å²) < 4.78 is 20.2. The van der Waals surface area contributed by atoms with Gasteiger partial charge in [0.05, 0.1) is 5.69 Å². The van der Waals surface area contributed by atoms with Gasteiger partial charge in [0.1, 0.15) is 18.2 Å². The fourth-order valence-corrected chi connectivity index (χ4v) is 2.73. The van der Waals surface area contributed by atoms with Gasteiger partial charge in [-0.3, -0.25) is 4.79 Å². The van der Waals surface area contributed by atoms with Crippen LogP contribution in [-0.2, 0) is 11.4 Å². The number of benzene rings is 2. The minimum absolute atomic E-state index is 0.0316. The van der Waals surface area contributed by atoms with Crippen LogP contribution >= 0.6 is 0 Å². The molecular weight excluding hydrogens is 305 g/mol. The normalized spacial score (nSPS) is 10.5. The maximum atomic E-state index is 14.4. The first-order valence-corrected chi connectivity index (χ1v) is 8.25. The molecule has 0 aromatic heterocycles. The highest BCUT2D eigenvalue weighted by Gasteiger charge is 2.18. The molecule has 0 fully saturated rings. The van der Waals surface area contributed by atoms with Gasteiger partial charge in [0.2, 0.25) is 5.91 Å². The highest BCUT2D eigenvalue weighted by Crippen LogP contribution is 2.27. The van der Waals surface area contributed by atoms with Gasteiger partial charge < -0.3 is 9.64 Å². The van der Waals surface area contributed by atoms with E-state index in [4.69, 9.17) is 4.74 Å². The topological polar surface area (TPSA) is 29.5 Å². The van der Waals surface area contributed by atoms with Gasteiger partial charge in [0.15, 0.2) is 0 Å². The maximum absolute atomic E-state index is 14.4. The molecular formula is C20H24FNO2. The van der Waals surface area contributed by atoms with E-state index >= 15 is 0 Å². The summed E-state index contributed by atoms with van der Waals surface area (Å²) in [4.78, 5) is 13.7. The lowest BCUT2D eigenvalue weighted by Crippen LogP contribution is -2.31. The van der Waals surface area contributed by atoms with Gasteiger partial charge in [-0.05, 0) is 44.5 Å². The van der Waals surface area contributed by atoms with Crippen molar-refractivity contribution in [2.24, 2.45) is 0 Å². The predicted molar refractivity (Wildman–Crippen MR) is 95.0 cm³/mol. The quantitative estimate of drug-likeness (QED) is 0.763. The van der Waals surface area contributed by atoms with Crippen molar-refractivity contribution in [1.29, 1.82) is 0 Å². The average Bonchev–Trinajstić information content (AvgIpc) is 2.56. The molecule has 24 heavy (non-hydrogen) atoms. The molecule has 0 bridgehead atoms. The third-order valence-electron chi connectivity index (χ3n) is 4.01. The van der Waals surface area contributed by atoms with Gasteiger partial charge in [-0.15, -0.1) is 0 Å². The SMILES string of the molecule is CCC(=O)N(CC)c1cccc(F)c1COc1ccc(C)cc1C. The first-order valence-electron chi connectivity index (χ1n) is 8.25. The van der Waals surface area contributed by atoms with Gasteiger partial charge in [0, 0.05) is 18.5 Å². The van der Waals surface area contributed by atoms with Gasteiger partial charge in [-0.1, -0.05) is 30.7 Å². The number of halogens is 1. The Morgan fingerprint density at radius 2 is 1.92 bits per heavy atom. The molecule has 3 nitrogen and oxygen atoms in total. The van der Waals surface area contributed by atoms with Crippen LogP contribution in [0.4, 0.5) is 10.1 Å². The summed E-state index contributed by atoms with van der Waals surface area (Å²) >= 11 is 0. The Hall–Kier alpha value is -2.36. The summed E-state index contributed by atoms with van der Waals surface area (Å²) in [5.41, 5.74) is 3.14. The van der Waals surface area contributed by atoms with Crippen molar-refractivity contribution in [3.05, 3.63) is 58.9 Å². The highest BCUT2D eigenvalue weighted by molar-refractivity contribution is 5.93. The van der Waals surface area contributed by atoms with Crippen LogP contribution < -0.4 is 9.64 Å². The molecule has 0 unspecified atom stereocenters. The number of rotatable bonds is 6. The lowest BCUT2D eigenvalue weighted by atomic mass is 10.1. The molecule has 0 atom stereocenters. The number of carbonyl (C=O) groups excluding carboxylic acids is 1. The van der Waals surface area contributed by atoms with Crippen molar-refractivity contribution in [3.8, 4) is 5.75 Å². The summed E-state index contributed by atoms with van der Waals surface area (Å²) in [5.74, 6) is 0.329. The van der Waals surface area contributed by atoms with Crippen LogP contribution in [0.3, 0.4) is 0 Å². The molecule has 2 aromatic carbocycles. The molecule has 1 amide bonds. The molecule has 0 aliphatic carbocycles. The number of anilines is 1. The Labute approximate surface area is 143 Å². The van der Waals surface area contributed by atoms with E-state index in [0.29, 0.717) is 24.2 Å². The number of carbonyl (C=O) groups is 1. The van der Waals surface area contributed by atoms with Crippen molar-refractivity contribution < 1.29 is 13.9 Å². The highest BCUT2D eigenvalue weighted by atomic mass is 19.1. The third-order valence-corrected chi connectivity index (χ3v) is 4.01. The fourth-order valence-electron chi connectivity index (χ4n) is 2.73. The molecule has 0 aliphatic heterocycles. The molecule has 0 saturated carbocycles. The number of hydrogen-bond donors (Lipinski definition) is 0. The second kappa shape index (κ2) is 7.95. The molecule has 2 rings (SSSR count). The van der Waals surface area contributed by atoms with Crippen molar-refractivity contribution in [1.82, 2.24) is 0 Å². The first kappa shape index (κ1) is 18.0. The minimum atomic E-state index is -0.361. The fraction of sp³-hybridized carbons (Fsp3) is 0.350. The van der Waals surface area contributed by atoms with Gasteiger partial charge in [-0.2, -0.15) is 0 Å². The Morgan fingerprint density at radius 1 is 1.17 bits per heavy atom. The van der Waals surface area contributed by atoms with Gasteiger partial charge >= 0.3 is 0 Å². The Balaban J connectivity index is 2.31. The number of ether oxygens (including phenoxy) is 1. The second-order valence-corrected chi connectivity index (χ2v) is 5.79. The standard InChI is InChI=1S/C20H24FNO2/c1-5-20(23)22(6-2)18-9-7-8-17(21)16(18)13-24-19-11-10-14(3)12-15(19)4/h7-12H,5-6,13H2,1-4H3. The van der Waals surface area contributed by atoms with E-state index in [9.17, 15) is 9.18 Å². The van der Waals surface area contributed by atoms with Crippen molar-refractivity contribution in [2.75, 3.05) is 11.4 Å². The minimum Gasteiger partial charge on any atom is -0.488 e. The molecule has 0 aliphatic rings. The van der Waals surface area contributed by atoms with Crippen molar-refractivity contribution in [2.45, 2.75) is 40.7 Å². The summed E-state index contributed by atoms with van der Waals surface area (Å²) in [6.07, 6.45) is 0.377. The monoisotopic (exact) mass is 329 g/mol. The lowest BCUT2D eigenvalue weighted by Gasteiger charge is -2.24. The third kappa shape index (κ3) is 3.94. The van der Waals surface area contributed by atoms with E-state index in [1.165, 1.54) is 6.07 Å². The van der Waals surface area contributed by atoms with Crippen molar-refractivity contribution in [3.63, 3.8) is 0 Å². The Kier molecular flexibility index (Phi) is 5.96. The van der Waals surface area contributed by atoms with Crippen LogP contribution in [0.15, 0.2) is 36.4 Å². The lowest BCUT2D eigenvalue weighted by molar-refractivity contribution is -0.118. The molecule has 0 N–H and O–H groups in total. The van der Waals surface area contributed by atoms with Crippen LogP contribution in [0, 0.1) is 19.7 Å². The Bertz CT molecular complexity index is 728. The van der Waals surface area contributed by atoms with E-state index in [2.05, 4.69) is 0 Å². The zero-order valence-corrected chi connectivity index (χ0v) is 14.7. The zero-order chi connectivity index (χ0) is 17.7. The van der Waals surface area contributed by atoms with Crippen LogP contribution in [0.25, 0.3) is 0 Å². The second-order valence-electron chi connectivity index (χ2n) is 5.79. The smallest absolute Gasteiger partial charge is 0.226 e. The Morgan fingerprint density at radius 3 is 2.54 bits per heavy atom. The molecule has 0 saturated heterocycles.